The Hall–Kier alpha value is -2.47. The molecule has 1 amide bonds. The zero-order chi connectivity index (χ0) is 21.2. The van der Waals surface area contributed by atoms with Crippen LogP contribution in [-0.4, -0.2) is 54.2 Å². The molecule has 0 unspecified atom stereocenters. The van der Waals surface area contributed by atoms with Crippen molar-refractivity contribution in [2.45, 2.75) is 57.3 Å². The van der Waals surface area contributed by atoms with E-state index < -0.39 is 6.17 Å². The fourth-order valence-electron chi connectivity index (χ4n) is 4.94. The van der Waals surface area contributed by atoms with E-state index in [1.807, 2.05) is 11.0 Å². The Morgan fingerprint density at radius 1 is 1.06 bits per heavy atom. The second-order valence-electron chi connectivity index (χ2n) is 9.14. The Balaban J connectivity index is 1.17. The number of aromatic nitrogens is 1. The number of nitrogens with one attached hydrogen (secondary N) is 1. The number of amides is 1. The van der Waals surface area contributed by atoms with Gasteiger partial charge in [0, 0.05) is 38.4 Å². The van der Waals surface area contributed by atoms with Crippen molar-refractivity contribution in [1.82, 2.24) is 15.2 Å². The van der Waals surface area contributed by atoms with Crippen LogP contribution in [0, 0.1) is 0 Å². The number of hydrogen-bond acceptors (Lipinski definition) is 4. The number of fused-ring (bicyclic) bond motifs is 1. The monoisotopic (exact) mass is 422 g/mol. The average molecular weight is 423 g/mol. The van der Waals surface area contributed by atoms with Crippen LogP contribution >= 0.6 is 0 Å². The number of hydrogen-bond donors (Lipinski definition) is 1. The normalized spacial score (nSPS) is 22.0. The van der Waals surface area contributed by atoms with Gasteiger partial charge in [0.2, 0.25) is 0 Å². The molecular formula is C25H31FN4O. The van der Waals surface area contributed by atoms with Crippen LogP contribution in [0.1, 0.15) is 52.7 Å². The van der Waals surface area contributed by atoms with Crippen molar-refractivity contribution in [2.75, 3.05) is 31.1 Å². The highest BCUT2D eigenvalue weighted by Gasteiger charge is 2.26. The van der Waals surface area contributed by atoms with Gasteiger partial charge in [-0.3, -0.25) is 9.69 Å². The largest absolute Gasteiger partial charge is 0.354 e. The number of nitrogens with zero attached hydrogens (tertiary/aromatic N) is 3. The van der Waals surface area contributed by atoms with E-state index in [0.717, 1.165) is 36.8 Å². The fourth-order valence-corrected chi connectivity index (χ4v) is 4.94. The third kappa shape index (κ3) is 4.59. The molecule has 31 heavy (non-hydrogen) atoms. The van der Waals surface area contributed by atoms with Crippen molar-refractivity contribution in [1.29, 1.82) is 0 Å². The van der Waals surface area contributed by atoms with Gasteiger partial charge in [0.25, 0.3) is 5.91 Å². The number of anilines is 1. The summed E-state index contributed by atoms with van der Waals surface area (Å²) < 4.78 is 13.4. The Morgan fingerprint density at radius 3 is 2.58 bits per heavy atom. The van der Waals surface area contributed by atoms with Gasteiger partial charge >= 0.3 is 0 Å². The highest BCUT2D eigenvalue weighted by atomic mass is 19.1. The van der Waals surface area contributed by atoms with Gasteiger partial charge in [-0.1, -0.05) is 24.6 Å². The van der Waals surface area contributed by atoms with Crippen LogP contribution in [0.2, 0.25) is 0 Å². The fraction of sp³-hybridized carbons (Fsp3) is 0.520. The van der Waals surface area contributed by atoms with Crippen molar-refractivity contribution in [3.63, 3.8) is 0 Å². The Morgan fingerprint density at radius 2 is 1.90 bits per heavy atom. The van der Waals surface area contributed by atoms with Gasteiger partial charge in [-0.2, -0.15) is 0 Å². The first-order valence-corrected chi connectivity index (χ1v) is 11.6. The maximum absolute atomic E-state index is 13.4. The zero-order valence-corrected chi connectivity index (χ0v) is 18.0. The Labute approximate surface area is 183 Å². The maximum Gasteiger partial charge on any atom is 0.253 e. The molecule has 1 saturated carbocycles. The molecule has 5 nitrogen and oxygen atoms in total. The second-order valence-corrected chi connectivity index (χ2v) is 9.14. The number of rotatable bonds is 5. The van der Waals surface area contributed by atoms with Crippen molar-refractivity contribution >= 4 is 11.7 Å². The average Bonchev–Trinajstić information content (AvgIpc) is 3.09. The molecule has 3 aliphatic rings. The molecule has 2 aromatic rings. The smallest absolute Gasteiger partial charge is 0.253 e. The van der Waals surface area contributed by atoms with Crippen molar-refractivity contribution in [3.05, 3.63) is 58.8 Å². The molecule has 1 saturated heterocycles. The molecule has 1 aliphatic carbocycles. The predicted octanol–water partition coefficient (Wildman–Crippen LogP) is 3.51. The first-order chi connectivity index (χ1) is 15.2. The molecule has 0 bridgehead atoms. The van der Waals surface area contributed by atoms with Crippen LogP contribution < -0.4 is 10.2 Å². The topological polar surface area (TPSA) is 48.5 Å². The van der Waals surface area contributed by atoms with Crippen LogP contribution in [0.25, 0.3) is 0 Å². The lowest BCUT2D eigenvalue weighted by atomic mass is 9.91. The number of carbonyl (C=O) groups excluding carboxylic acids is 1. The summed E-state index contributed by atoms with van der Waals surface area (Å²) in [6.07, 6.45) is 7.66. The lowest BCUT2D eigenvalue weighted by Crippen LogP contribution is -2.41. The number of carbonyl (C=O) groups is 1. The molecule has 1 atom stereocenters. The molecule has 0 radical (unpaired) electrons. The van der Waals surface area contributed by atoms with Crippen LogP contribution in [0.4, 0.5) is 10.2 Å². The summed E-state index contributed by atoms with van der Waals surface area (Å²) >= 11 is 0. The lowest BCUT2D eigenvalue weighted by molar-refractivity contribution is 0.0950. The molecule has 2 fully saturated rings. The minimum atomic E-state index is -0.785. The summed E-state index contributed by atoms with van der Waals surface area (Å²) in [6, 6.07) is 11.0. The van der Waals surface area contributed by atoms with E-state index in [9.17, 15) is 9.18 Å². The Bertz CT molecular complexity index is 928. The standard InChI is InChI=1S/C25H31FN4O/c26-22-10-13-30(17-22)24-7-6-21(16-27-24)25(31)28-15-18-4-5-19-8-11-29(23-2-1-3-23)12-9-20(19)14-18/h4-7,14,16,22-23H,1-3,8-13,15,17H2,(H,28,31)/t22-/m0/s1. The van der Waals surface area contributed by atoms with E-state index in [2.05, 4.69) is 33.4 Å². The van der Waals surface area contributed by atoms with Gasteiger partial charge in [0.15, 0.2) is 0 Å². The first kappa shape index (κ1) is 20.4. The van der Waals surface area contributed by atoms with Crippen molar-refractivity contribution in [3.8, 4) is 0 Å². The molecule has 164 valence electrons. The van der Waals surface area contributed by atoms with Gasteiger partial charge in [0.1, 0.15) is 12.0 Å². The molecule has 0 spiro atoms. The lowest BCUT2D eigenvalue weighted by Gasteiger charge is -2.36. The van der Waals surface area contributed by atoms with Crippen LogP contribution in [-0.2, 0) is 19.4 Å². The highest BCUT2D eigenvalue weighted by molar-refractivity contribution is 5.94. The van der Waals surface area contributed by atoms with Gasteiger partial charge in [0.05, 0.1) is 12.1 Å². The molecule has 6 heteroatoms. The van der Waals surface area contributed by atoms with Gasteiger partial charge in [-0.05, 0) is 60.9 Å². The highest BCUT2D eigenvalue weighted by Crippen LogP contribution is 2.27. The van der Waals surface area contributed by atoms with E-state index in [0.29, 0.717) is 31.6 Å². The Kier molecular flexibility index (Phi) is 5.90. The summed E-state index contributed by atoms with van der Waals surface area (Å²) in [6.45, 7) is 3.88. The van der Waals surface area contributed by atoms with E-state index in [-0.39, 0.29) is 5.91 Å². The maximum atomic E-state index is 13.4. The minimum absolute atomic E-state index is 0.130. The quantitative estimate of drug-likeness (QED) is 0.801. The van der Waals surface area contributed by atoms with Gasteiger partial charge < -0.3 is 10.2 Å². The van der Waals surface area contributed by atoms with Crippen LogP contribution in [0.15, 0.2) is 36.5 Å². The number of alkyl halides is 1. The van der Waals surface area contributed by atoms with E-state index in [1.54, 1.807) is 12.3 Å². The second kappa shape index (κ2) is 8.95. The molecule has 1 aromatic heterocycles. The minimum Gasteiger partial charge on any atom is -0.354 e. The molecule has 1 N–H and O–H groups in total. The van der Waals surface area contributed by atoms with Crippen LogP contribution in [0.3, 0.4) is 0 Å². The molecule has 2 aliphatic heterocycles. The summed E-state index contributed by atoms with van der Waals surface area (Å²) in [5, 5.41) is 3.02. The van der Waals surface area contributed by atoms with E-state index >= 15 is 0 Å². The van der Waals surface area contributed by atoms with Gasteiger partial charge in [-0.25, -0.2) is 9.37 Å². The summed E-state index contributed by atoms with van der Waals surface area (Å²) in [5.74, 6) is 0.605. The zero-order valence-electron chi connectivity index (χ0n) is 18.0. The number of halogens is 1. The third-order valence-electron chi connectivity index (χ3n) is 7.12. The SMILES string of the molecule is O=C(NCc1ccc2c(c1)CCN(C1CCC1)CC2)c1ccc(N2CC[C@H](F)C2)nc1. The number of benzene rings is 1. The predicted molar refractivity (Wildman–Crippen MR) is 120 cm³/mol. The van der Waals surface area contributed by atoms with Crippen molar-refractivity contribution < 1.29 is 9.18 Å². The van der Waals surface area contributed by atoms with E-state index in [1.165, 1.54) is 36.9 Å². The van der Waals surface area contributed by atoms with Gasteiger partial charge in [-0.15, -0.1) is 0 Å². The van der Waals surface area contributed by atoms with E-state index in [4.69, 9.17) is 0 Å². The summed E-state index contributed by atoms with van der Waals surface area (Å²) in [5.41, 5.74) is 4.55. The summed E-state index contributed by atoms with van der Waals surface area (Å²) in [4.78, 5) is 21.5. The van der Waals surface area contributed by atoms with Crippen LogP contribution in [0.5, 0.6) is 0 Å². The number of pyridine rings is 1. The first-order valence-electron chi connectivity index (χ1n) is 11.6. The molecule has 5 rings (SSSR count). The molecule has 1 aromatic carbocycles. The van der Waals surface area contributed by atoms with Crippen molar-refractivity contribution in [2.24, 2.45) is 0 Å². The molecular weight excluding hydrogens is 391 g/mol. The third-order valence-corrected chi connectivity index (χ3v) is 7.12. The summed E-state index contributed by atoms with van der Waals surface area (Å²) in [7, 11) is 0. The molecule has 3 heterocycles.